The third-order valence-corrected chi connectivity index (χ3v) is 1.70. The van der Waals surface area contributed by atoms with Crippen LogP contribution in [-0.2, 0) is 4.79 Å². The highest BCUT2D eigenvalue weighted by molar-refractivity contribution is 5.85. The molecule has 0 fully saturated rings. The lowest BCUT2D eigenvalue weighted by molar-refractivity contribution is -0.131. The summed E-state index contributed by atoms with van der Waals surface area (Å²) in [7, 11) is 0. The summed E-state index contributed by atoms with van der Waals surface area (Å²) in [5.41, 5.74) is 0.622. The number of phenolic OH excluding ortho intramolecular Hbond substituents is 1. The molecule has 0 saturated heterocycles. The van der Waals surface area contributed by atoms with Crippen molar-refractivity contribution in [3.63, 3.8) is 0 Å². The molecule has 1 rings (SSSR count). The van der Waals surface area contributed by atoms with Crippen LogP contribution >= 0.6 is 0 Å². The highest BCUT2D eigenvalue weighted by atomic mass is 16.5. The van der Waals surface area contributed by atoms with Crippen LogP contribution in [0.3, 0.4) is 0 Å². The van der Waals surface area contributed by atoms with Gasteiger partial charge in [-0.25, -0.2) is 4.79 Å². The second kappa shape index (κ2) is 5.05. The van der Waals surface area contributed by atoms with Gasteiger partial charge in [-0.05, 0) is 25.1 Å². The van der Waals surface area contributed by atoms with Crippen molar-refractivity contribution in [2.24, 2.45) is 0 Å². The summed E-state index contributed by atoms with van der Waals surface area (Å²) in [6.07, 6.45) is 2.45. The Hall–Kier alpha value is -1.97. The lowest BCUT2D eigenvalue weighted by atomic mass is 10.2. The van der Waals surface area contributed by atoms with Gasteiger partial charge in [-0.1, -0.05) is 0 Å². The molecule has 4 nitrogen and oxygen atoms in total. The Balaban J connectivity index is 3.00. The zero-order valence-corrected chi connectivity index (χ0v) is 8.30. The summed E-state index contributed by atoms with van der Waals surface area (Å²) in [5.74, 6) is -0.466. The number of rotatable bonds is 4. The van der Waals surface area contributed by atoms with Gasteiger partial charge in [0.2, 0.25) is 0 Å². The van der Waals surface area contributed by atoms with Crippen molar-refractivity contribution in [3.8, 4) is 11.5 Å². The van der Waals surface area contributed by atoms with Crippen molar-refractivity contribution < 1.29 is 19.7 Å². The van der Waals surface area contributed by atoms with Crippen LogP contribution in [-0.4, -0.2) is 22.8 Å². The molecule has 0 aliphatic carbocycles. The van der Waals surface area contributed by atoms with Crippen molar-refractivity contribution in [1.29, 1.82) is 0 Å². The molecule has 4 heteroatoms. The second-order valence-corrected chi connectivity index (χ2v) is 2.83. The molecule has 0 spiro atoms. The molecule has 0 aliphatic heterocycles. The van der Waals surface area contributed by atoms with Gasteiger partial charge in [0.05, 0.1) is 6.61 Å². The minimum atomic E-state index is -1.02. The van der Waals surface area contributed by atoms with E-state index in [1.54, 1.807) is 6.07 Å². The van der Waals surface area contributed by atoms with Crippen LogP contribution in [0.4, 0.5) is 0 Å². The molecule has 0 atom stereocenters. The van der Waals surface area contributed by atoms with E-state index in [1.807, 2.05) is 6.92 Å². The fourth-order valence-electron chi connectivity index (χ4n) is 1.10. The van der Waals surface area contributed by atoms with Crippen molar-refractivity contribution in [2.45, 2.75) is 6.92 Å². The highest BCUT2D eigenvalue weighted by Gasteiger charge is 2.02. The Morgan fingerprint density at radius 3 is 2.87 bits per heavy atom. The van der Waals surface area contributed by atoms with Crippen LogP contribution in [0, 0.1) is 0 Å². The molecule has 2 N–H and O–H groups in total. The molecular formula is C11H12O4. The van der Waals surface area contributed by atoms with Gasteiger partial charge < -0.3 is 14.9 Å². The molecule has 0 amide bonds. The Morgan fingerprint density at radius 1 is 1.53 bits per heavy atom. The minimum Gasteiger partial charge on any atom is -0.508 e. The number of phenols is 1. The van der Waals surface area contributed by atoms with Crippen LogP contribution in [0.5, 0.6) is 11.5 Å². The largest absolute Gasteiger partial charge is 0.508 e. The molecule has 1 aromatic carbocycles. The number of ether oxygens (including phenoxy) is 1. The number of aliphatic carboxylic acids is 1. The maximum atomic E-state index is 10.3. The van der Waals surface area contributed by atoms with E-state index in [2.05, 4.69) is 0 Å². The molecule has 15 heavy (non-hydrogen) atoms. The third kappa shape index (κ3) is 3.34. The average molecular weight is 208 g/mol. The highest BCUT2D eigenvalue weighted by Crippen LogP contribution is 2.25. The summed E-state index contributed by atoms with van der Waals surface area (Å²) in [6.45, 7) is 2.27. The SMILES string of the molecule is CCOc1cc(O)ccc1C=CC(=O)O. The van der Waals surface area contributed by atoms with Gasteiger partial charge in [-0.2, -0.15) is 0 Å². The average Bonchev–Trinajstić information content (AvgIpc) is 2.17. The second-order valence-electron chi connectivity index (χ2n) is 2.83. The van der Waals surface area contributed by atoms with Crippen molar-refractivity contribution in [1.82, 2.24) is 0 Å². The smallest absolute Gasteiger partial charge is 0.328 e. The monoisotopic (exact) mass is 208 g/mol. The predicted molar refractivity (Wildman–Crippen MR) is 55.9 cm³/mol. The quantitative estimate of drug-likeness (QED) is 0.741. The molecule has 0 saturated carbocycles. The van der Waals surface area contributed by atoms with Gasteiger partial charge in [0.15, 0.2) is 0 Å². The lowest BCUT2D eigenvalue weighted by Gasteiger charge is -2.06. The lowest BCUT2D eigenvalue weighted by Crippen LogP contribution is -1.94. The Labute approximate surface area is 87.4 Å². The first-order chi connectivity index (χ1) is 7.13. The maximum Gasteiger partial charge on any atom is 0.328 e. The van der Waals surface area contributed by atoms with Gasteiger partial charge in [0, 0.05) is 17.7 Å². The van der Waals surface area contributed by atoms with E-state index < -0.39 is 5.97 Å². The molecule has 0 unspecified atom stereocenters. The Bertz CT molecular complexity index is 382. The van der Waals surface area contributed by atoms with E-state index in [9.17, 15) is 9.90 Å². The first kappa shape index (κ1) is 11.1. The molecule has 0 bridgehead atoms. The van der Waals surface area contributed by atoms with E-state index >= 15 is 0 Å². The van der Waals surface area contributed by atoms with Crippen LogP contribution in [0.2, 0.25) is 0 Å². The van der Waals surface area contributed by atoms with Gasteiger partial charge in [0.1, 0.15) is 11.5 Å². The van der Waals surface area contributed by atoms with Crippen LogP contribution in [0.25, 0.3) is 6.08 Å². The first-order valence-corrected chi connectivity index (χ1v) is 4.50. The van der Waals surface area contributed by atoms with E-state index in [0.29, 0.717) is 17.9 Å². The van der Waals surface area contributed by atoms with Gasteiger partial charge >= 0.3 is 5.97 Å². The Kier molecular flexibility index (Phi) is 3.74. The standard InChI is InChI=1S/C11H12O4/c1-2-15-10-7-9(12)5-3-8(10)4-6-11(13)14/h3-7,12H,2H2,1H3,(H,13,14). The van der Waals surface area contributed by atoms with E-state index in [0.717, 1.165) is 6.08 Å². The number of carboxylic acids is 1. The summed E-state index contributed by atoms with van der Waals surface area (Å²) in [4.78, 5) is 10.3. The number of hydrogen-bond donors (Lipinski definition) is 2. The maximum absolute atomic E-state index is 10.3. The number of hydrogen-bond acceptors (Lipinski definition) is 3. The summed E-state index contributed by atoms with van der Waals surface area (Å²) in [5, 5.41) is 17.7. The summed E-state index contributed by atoms with van der Waals surface area (Å²) >= 11 is 0. The van der Waals surface area contributed by atoms with Gasteiger partial charge in [-0.3, -0.25) is 0 Å². The van der Waals surface area contributed by atoms with E-state index in [4.69, 9.17) is 9.84 Å². The van der Waals surface area contributed by atoms with Gasteiger partial charge in [-0.15, -0.1) is 0 Å². The van der Waals surface area contributed by atoms with Crippen molar-refractivity contribution in [3.05, 3.63) is 29.8 Å². The van der Waals surface area contributed by atoms with Crippen LogP contribution in [0.1, 0.15) is 12.5 Å². The van der Waals surface area contributed by atoms with E-state index in [1.165, 1.54) is 18.2 Å². The summed E-state index contributed by atoms with van der Waals surface area (Å²) < 4.78 is 5.25. The number of aromatic hydroxyl groups is 1. The molecule has 0 radical (unpaired) electrons. The predicted octanol–water partition coefficient (Wildman–Crippen LogP) is 1.89. The normalized spacial score (nSPS) is 10.5. The fraction of sp³-hybridized carbons (Fsp3) is 0.182. The number of carbonyl (C=O) groups is 1. The molecule has 80 valence electrons. The van der Waals surface area contributed by atoms with Crippen LogP contribution < -0.4 is 4.74 Å². The number of carboxylic acid groups (broad SMARTS) is 1. The fourth-order valence-corrected chi connectivity index (χ4v) is 1.10. The molecule has 0 aromatic heterocycles. The Morgan fingerprint density at radius 2 is 2.27 bits per heavy atom. The van der Waals surface area contributed by atoms with Gasteiger partial charge in [0.25, 0.3) is 0 Å². The van der Waals surface area contributed by atoms with Crippen LogP contribution in [0.15, 0.2) is 24.3 Å². The summed E-state index contributed by atoms with van der Waals surface area (Å²) in [6, 6.07) is 4.52. The van der Waals surface area contributed by atoms with Crippen molar-refractivity contribution >= 4 is 12.0 Å². The van der Waals surface area contributed by atoms with Crippen molar-refractivity contribution in [2.75, 3.05) is 6.61 Å². The molecule has 1 aromatic rings. The number of benzene rings is 1. The molecule has 0 aliphatic rings. The third-order valence-electron chi connectivity index (χ3n) is 1.70. The molecule has 0 heterocycles. The van der Waals surface area contributed by atoms with E-state index in [-0.39, 0.29) is 5.75 Å². The topological polar surface area (TPSA) is 66.8 Å². The molecular weight excluding hydrogens is 196 g/mol. The zero-order valence-electron chi connectivity index (χ0n) is 8.30. The minimum absolute atomic E-state index is 0.0888. The first-order valence-electron chi connectivity index (χ1n) is 4.50. The zero-order chi connectivity index (χ0) is 11.3.